The maximum atomic E-state index is 12.7. The van der Waals surface area contributed by atoms with Gasteiger partial charge < -0.3 is 15.3 Å². The number of urea groups is 1. The van der Waals surface area contributed by atoms with Gasteiger partial charge in [0.15, 0.2) is 0 Å². The third kappa shape index (κ3) is 6.30. The summed E-state index contributed by atoms with van der Waals surface area (Å²) in [5, 5.41) is 12.9. The SMILES string of the molecule is CCCN(Cc1ccccc1O)C(=O)Nc1ccc(SC(C)(C)C)cc1. The number of thioether (sulfide) groups is 1. The number of amides is 2. The average molecular weight is 373 g/mol. The number of benzene rings is 2. The van der Waals surface area contributed by atoms with Gasteiger partial charge in [-0.1, -0.05) is 45.9 Å². The smallest absolute Gasteiger partial charge is 0.322 e. The number of anilines is 1. The zero-order valence-electron chi connectivity index (χ0n) is 16.0. The predicted molar refractivity (Wildman–Crippen MR) is 110 cm³/mol. The molecule has 26 heavy (non-hydrogen) atoms. The molecular weight excluding hydrogens is 344 g/mol. The summed E-state index contributed by atoms with van der Waals surface area (Å²) in [7, 11) is 0. The van der Waals surface area contributed by atoms with E-state index in [1.165, 1.54) is 4.90 Å². The molecule has 0 unspecified atom stereocenters. The van der Waals surface area contributed by atoms with Crippen LogP contribution in [-0.4, -0.2) is 27.3 Å². The molecular formula is C21H28N2O2S. The summed E-state index contributed by atoms with van der Waals surface area (Å²) in [4.78, 5) is 15.6. The second-order valence-corrected chi connectivity index (χ2v) is 9.12. The Morgan fingerprint density at radius 2 is 1.77 bits per heavy atom. The van der Waals surface area contributed by atoms with Gasteiger partial charge in [-0.3, -0.25) is 0 Å². The molecule has 2 amide bonds. The fourth-order valence-electron chi connectivity index (χ4n) is 2.53. The molecule has 0 aromatic heterocycles. The highest BCUT2D eigenvalue weighted by Crippen LogP contribution is 2.32. The number of aromatic hydroxyl groups is 1. The van der Waals surface area contributed by atoms with Gasteiger partial charge in [-0.2, -0.15) is 0 Å². The summed E-state index contributed by atoms with van der Waals surface area (Å²) >= 11 is 1.80. The Hall–Kier alpha value is -2.14. The minimum atomic E-state index is -0.161. The van der Waals surface area contributed by atoms with Crippen LogP contribution in [0, 0.1) is 0 Å². The monoisotopic (exact) mass is 372 g/mol. The number of rotatable bonds is 6. The third-order valence-electron chi connectivity index (χ3n) is 3.66. The second-order valence-electron chi connectivity index (χ2n) is 7.22. The van der Waals surface area contributed by atoms with Crippen molar-refractivity contribution in [1.82, 2.24) is 4.90 Å². The average Bonchev–Trinajstić information content (AvgIpc) is 2.57. The van der Waals surface area contributed by atoms with E-state index < -0.39 is 0 Å². The van der Waals surface area contributed by atoms with E-state index in [9.17, 15) is 9.90 Å². The van der Waals surface area contributed by atoms with Gasteiger partial charge in [0.1, 0.15) is 5.75 Å². The maximum absolute atomic E-state index is 12.7. The van der Waals surface area contributed by atoms with E-state index in [1.807, 2.05) is 43.3 Å². The lowest BCUT2D eigenvalue weighted by atomic mass is 10.2. The zero-order chi connectivity index (χ0) is 19.2. The van der Waals surface area contributed by atoms with E-state index in [4.69, 9.17) is 0 Å². The number of nitrogens with zero attached hydrogens (tertiary/aromatic N) is 1. The van der Waals surface area contributed by atoms with Crippen LogP contribution in [0.5, 0.6) is 5.75 Å². The third-order valence-corrected chi connectivity index (χ3v) is 4.78. The largest absolute Gasteiger partial charge is 0.508 e. The Morgan fingerprint density at radius 3 is 2.35 bits per heavy atom. The highest BCUT2D eigenvalue weighted by Gasteiger charge is 2.16. The molecule has 2 rings (SSSR count). The molecule has 0 saturated heterocycles. The van der Waals surface area contributed by atoms with Crippen molar-refractivity contribution < 1.29 is 9.90 Å². The Bertz CT molecular complexity index is 724. The van der Waals surface area contributed by atoms with Crippen molar-refractivity contribution >= 4 is 23.5 Å². The Labute approximate surface area is 160 Å². The number of phenolic OH excluding ortho intramolecular Hbond substituents is 1. The van der Waals surface area contributed by atoms with Crippen molar-refractivity contribution in [3.8, 4) is 5.75 Å². The molecule has 0 atom stereocenters. The zero-order valence-corrected chi connectivity index (χ0v) is 16.8. The number of hydrogen-bond donors (Lipinski definition) is 2. The number of carbonyl (C=O) groups is 1. The van der Waals surface area contributed by atoms with Crippen LogP contribution in [0.25, 0.3) is 0 Å². The predicted octanol–water partition coefficient (Wildman–Crippen LogP) is 5.73. The van der Waals surface area contributed by atoms with E-state index in [-0.39, 0.29) is 16.5 Å². The number of nitrogens with one attached hydrogen (secondary N) is 1. The van der Waals surface area contributed by atoms with Gasteiger partial charge in [0, 0.05) is 27.4 Å². The first-order chi connectivity index (χ1) is 12.3. The van der Waals surface area contributed by atoms with Gasteiger partial charge in [-0.05, 0) is 36.8 Å². The topological polar surface area (TPSA) is 52.6 Å². The molecule has 0 fully saturated rings. The highest BCUT2D eigenvalue weighted by atomic mass is 32.2. The van der Waals surface area contributed by atoms with Crippen LogP contribution in [0.4, 0.5) is 10.5 Å². The van der Waals surface area contributed by atoms with Crippen molar-refractivity contribution in [1.29, 1.82) is 0 Å². The Balaban J connectivity index is 2.04. The van der Waals surface area contributed by atoms with Gasteiger partial charge in [-0.25, -0.2) is 4.79 Å². The summed E-state index contributed by atoms with van der Waals surface area (Å²) in [5.74, 6) is 0.213. The Kier molecular flexibility index (Phi) is 6.98. The highest BCUT2D eigenvalue weighted by molar-refractivity contribution is 8.00. The van der Waals surface area contributed by atoms with Crippen LogP contribution in [0.1, 0.15) is 39.7 Å². The molecule has 2 N–H and O–H groups in total. The van der Waals surface area contributed by atoms with Crippen LogP contribution >= 0.6 is 11.8 Å². The minimum Gasteiger partial charge on any atom is -0.508 e. The Morgan fingerprint density at radius 1 is 1.12 bits per heavy atom. The summed E-state index contributed by atoms with van der Waals surface area (Å²) in [6.07, 6.45) is 0.849. The van der Waals surface area contributed by atoms with Crippen LogP contribution in [0.2, 0.25) is 0 Å². The molecule has 2 aromatic carbocycles. The van der Waals surface area contributed by atoms with Crippen LogP contribution in [0.3, 0.4) is 0 Å². The van der Waals surface area contributed by atoms with E-state index in [0.717, 1.165) is 17.7 Å². The lowest BCUT2D eigenvalue weighted by Gasteiger charge is -2.23. The standard InChI is InChI=1S/C21H28N2O2S/c1-5-14-23(15-16-8-6-7-9-19(16)24)20(25)22-17-10-12-18(13-11-17)26-21(2,3)4/h6-13,24H,5,14-15H2,1-4H3,(H,22,25). The molecule has 0 radical (unpaired) electrons. The molecule has 2 aromatic rings. The minimum absolute atomic E-state index is 0.153. The molecule has 4 nitrogen and oxygen atoms in total. The lowest BCUT2D eigenvalue weighted by molar-refractivity contribution is 0.208. The molecule has 0 heterocycles. The molecule has 140 valence electrons. The molecule has 0 bridgehead atoms. The number of phenols is 1. The maximum Gasteiger partial charge on any atom is 0.322 e. The molecule has 0 spiro atoms. The quantitative estimate of drug-likeness (QED) is 0.637. The molecule has 5 heteroatoms. The molecule has 0 aliphatic heterocycles. The summed E-state index contributed by atoms with van der Waals surface area (Å²) in [6, 6.07) is 14.9. The summed E-state index contributed by atoms with van der Waals surface area (Å²) in [6.45, 7) is 9.56. The van der Waals surface area contributed by atoms with Crippen molar-refractivity contribution in [2.24, 2.45) is 0 Å². The molecule has 0 aliphatic carbocycles. The molecule has 0 saturated carbocycles. The number of carbonyl (C=O) groups excluding carboxylic acids is 1. The fourth-order valence-corrected chi connectivity index (χ4v) is 3.51. The first kappa shape index (κ1) is 20.2. The first-order valence-corrected chi connectivity index (χ1v) is 9.72. The van der Waals surface area contributed by atoms with Crippen LogP contribution < -0.4 is 5.32 Å². The fraction of sp³-hybridized carbons (Fsp3) is 0.381. The van der Waals surface area contributed by atoms with Crippen LogP contribution in [-0.2, 0) is 6.54 Å². The van der Waals surface area contributed by atoms with Crippen molar-refractivity contribution in [2.45, 2.75) is 50.3 Å². The van der Waals surface area contributed by atoms with Gasteiger partial charge in [0.25, 0.3) is 0 Å². The first-order valence-electron chi connectivity index (χ1n) is 8.90. The normalized spacial score (nSPS) is 11.2. The second kappa shape index (κ2) is 8.99. The number of hydrogen-bond acceptors (Lipinski definition) is 3. The molecule has 0 aliphatic rings. The van der Waals surface area contributed by atoms with Gasteiger partial charge in [0.2, 0.25) is 0 Å². The summed E-state index contributed by atoms with van der Waals surface area (Å²) in [5.41, 5.74) is 1.51. The van der Waals surface area contributed by atoms with Gasteiger partial charge in [0.05, 0.1) is 6.54 Å². The van der Waals surface area contributed by atoms with Gasteiger partial charge >= 0.3 is 6.03 Å². The lowest BCUT2D eigenvalue weighted by Crippen LogP contribution is -2.35. The van der Waals surface area contributed by atoms with Crippen LogP contribution in [0.15, 0.2) is 53.4 Å². The van der Waals surface area contributed by atoms with Crippen molar-refractivity contribution in [2.75, 3.05) is 11.9 Å². The van der Waals surface area contributed by atoms with E-state index >= 15 is 0 Å². The van der Waals surface area contributed by atoms with Crippen molar-refractivity contribution in [3.05, 3.63) is 54.1 Å². The van der Waals surface area contributed by atoms with E-state index in [2.05, 4.69) is 26.1 Å². The van der Waals surface area contributed by atoms with Gasteiger partial charge in [-0.15, -0.1) is 11.8 Å². The van der Waals surface area contributed by atoms with E-state index in [0.29, 0.717) is 13.1 Å². The van der Waals surface area contributed by atoms with Crippen molar-refractivity contribution in [3.63, 3.8) is 0 Å². The van der Waals surface area contributed by atoms with E-state index in [1.54, 1.807) is 28.8 Å². The summed E-state index contributed by atoms with van der Waals surface area (Å²) < 4.78 is 0.153. The number of para-hydroxylation sites is 1.